The Bertz CT molecular complexity index is 244. The normalized spacial score (nSPS) is 35.4. The van der Waals surface area contributed by atoms with Crippen LogP contribution < -0.4 is 5.32 Å². The van der Waals surface area contributed by atoms with E-state index in [-0.39, 0.29) is 5.72 Å². The fourth-order valence-corrected chi connectivity index (χ4v) is 3.15. The Labute approximate surface area is 98.5 Å². The van der Waals surface area contributed by atoms with Crippen molar-refractivity contribution in [1.29, 1.82) is 0 Å². The summed E-state index contributed by atoms with van der Waals surface area (Å²) in [5.41, 5.74) is 0.0321. The van der Waals surface area contributed by atoms with Crippen LogP contribution in [-0.2, 0) is 4.74 Å². The fourth-order valence-electron chi connectivity index (χ4n) is 3.15. The van der Waals surface area contributed by atoms with Gasteiger partial charge >= 0.3 is 0 Å². The molecule has 2 aliphatic heterocycles. The first-order valence-electron chi connectivity index (χ1n) is 6.98. The van der Waals surface area contributed by atoms with Gasteiger partial charge in [-0.3, -0.25) is 5.32 Å². The smallest absolute Gasteiger partial charge is 0.122 e. The second-order valence-electron chi connectivity index (χ2n) is 5.62. The molecule has 1 aliphatic carbocycles. The van der Waals surface area contributed by atoms with E-state index in [4.69, 9.17) is 4.74 Å². The summed E-state index contributed by atoms with van der Waals surface area (Å²) in [6.45, 7) is 5.84. The summed E-state index contributed by atoms with van der Waals surface area (Å²) in [5.74, 6) is 0. The second kappa shape index (κ2) is 4.28. The number of hydrogen-bond donors (Lipinski definition) is 1. The standard InChI is InChI=1S/C13H24N2O/c1-2-12-5-8-14-13(16-12)6-9-15(10-7-13)11-3-4-11/h11-12,14H,2-10H2,1H3. The molecule has 0 aromatic heterocycles. The molecule has 0 amide bonds. The molecule has 1 saturated carbocycles. The van der Waals surface area contributed by atoms with E-state index in [9.17, 15) is 0 Å². The first-order valence-corrected chi connectivity index (χ1v) is 6.98. The van der Waals surface area contributed by atoms with Crippen LogP contribution in [0.1, 0.15) is 45.4 Å². The van der Waals surface area contributed by atoms with Crippen molar-refractivity contribution < 1.29 is 4.74 Å². The van der Waals surface area contributed by atoms with Crippen molar-refractivity contribution in [2.24, 2.45) is 0 Å². The lowest BCUT2D eigenvalue weighted by molar-refractivity contribution is -0.167. The van der Waals surface area contributed by atoms with E-state index in [2.05, 4.69) is 17.1 Å². The lowest BCUT2D eigenvalue weighted by Gasteiger charge is -2.47. The number of hydrogen-bond acceptors (Lipinski definition) is 3. The minimum atomic E-state index is 0.0321. The monoisotopic (exact) mass is 224 g/mol. The molecule has 2 heterocycles. The maximum absolute atomic E-state index is 6.27. The highest BCUT2D eigenvalue weighted by Crippen LogP contribution is 2.35. The molecule has 3 aliphatic rings. The van der Waals surface area contributed by atoms with Gasteiger partial charge in [0.05, 0.1) is 6.10 Å². The summed E-state index contributed by atoms with van der Waals surface area (Å²) in [7, 11) is 0. The fraction of sp³-hybridized carbons (Fsp3) is 1.00. The molecule has 2 saturated heterocycles. The maximum atomic E-state index is 6.27. The number of likely N-dealkylation sites (tertiary alicyclic amines) is 1. The van der Waals surface area contributed by atoms with Crippen molar-refractivity contribution in [3.63, 3.8) is 0 Å². The predicted molar refractivity (Wildman–Crippen MR) is 64.3 cm³/mol. The van der Waals surface area contributed by atoms with Crippen molar-refractivity contribution in [3.8, 4) is 0 Å². The van der Waals surface area contributed by atoms with Crippen molar-refractivity contribution in [1.82, 2.24) is 10.2 Å². The molecule has 1 atom stereocenters. The van der Waals surface area contributed by atoms with Crippen LogP contribution in [0.3, 0.4) is 0 Å². The summed E-state index contributed by atoms with van der Waals surface area (Å²) < 4.78 is 6.27. The molecule has 3 rings (SSSR count). The van der Waals surface area contributed by atoms with Crippen molar-refractivity contribution in [2.45, 2.75) is 63.3 Å². The van der Waals surface area contributed by atoms with E-state index in [0.717, 1.165) is 19.0 Å². The quantitative estimate of drug-likeness (QED) is 0.773. The van der Waals surface area contributed by atoms with Gasteiger partial charge in [-0.25, -0.2) is 0 Å². The minimum Gasteiger partial charge on any atom is -0.357 e. The van der Waals surface area contributed by atoms with Gasteiger partial charge in [0.2, 0.25) is 0 Å². The van der Waals surface area contributed by atoms with Crippen LogP contribution in [0.4, 0.5) is 0 Å². The Kier molecular flexibility index (Phi) is 2.94. The molecule has 3 heteroatoms. The molecule has 92 valence electrons. The van der Waals surface area contributed by atoms with E-state index in [1.54, 1.807) is 0 Å². The molecule has 0 bridgehead atoms. The van der Waals surface area contributed by atoms with Gasteiger partial charge in [-0.05, 0) is 25.7 Å². The summed E-state index contributed by atoms with van der Waals surface area (Å²) >= 11 is 0. The van der Waals surface area contributed by atoms with Crippen LogP contribution in [0.5, 0.6) is 0 Å². The topological polar surface area (TPSA) is 24.5 Å². The molecule has 0 radical (unpaired) electrons. The lowest BCUT2D eigenvalue weighted by atomic mass is 9.96. The molecule has 1 unspecified atom stereocenters. The van der Waals surface area contributed by atoms with Gasteiger partial charge in [0.15, 0.2) is 0 Å². The Balaban J connectivity index is 1.57. The van der Waals surface area contributed by atoms with Crippen molar-refractivity contribution in [3.05, 3.63) is 0 Å². The molecule has 0 aromatic rings. The van der Waals surface area contributed by atoms with Gasteiger partial charge in [0, 0.05) is 38.5 Å². The number of nitrogens with zero attached hydrogens (tertiary/aromatic N) is 1. The Morgan fingerprint density at radius 2 is 2.00 bits per heavy atom. The van der Waals surface area contributed by atoms with E-state index < -0.39 is 0 Å². The molecule has 0 aromatic carbocycles. The number of nitrogens with one attached hydrogen (secondary N) is 1. The number of ether oxygens (including phenoxy) is 1. The maximum Gasteiger partial charge on any atom is 0.122 e. The van der Waals surface area contributed by atoms with Gasteiger partial charge in [-0.1, -0.05) is 6.92 Å². The van der Waals surface area contributed by atoms with E-state index in [1.807, 2.05) is 0 Å². The lowest BCUT2D eigenvalue weighted by Crippen LogP contribution is -2.60. The number of rotatable bonds is 2. The van der Waals surface area contributed by atoms with Crippen LogP contribution in [0.2, 0.25) is 0 Å². The first-order chi connectivity index (χ1) is 7.81. The highest BCUT2D eigenvalue weighted by molar-refractivity contribution is 4.94. The summed E-state index contributed by atoms with van der Waals surface area (Å²) in [6.07, 6.45) is 8.06. The first kappa shape index (κ1) is 11.0. The number of piperidine rings is 1. The van der Waals surface area contributed by atoms with Gasteiger partial charge in [-0.2, -0.15) is 0 Å². The Morgan fingerprint density at radius 3 is 2.62 bits per heavy atom. The van der Waals surface area contributed by atoms with E-state index >= 15 is 0 Å². The molecular formula is C13H24N2O. The summed E-state index contributed by atoms with van der Waals surface area (Å²) in [4.78, 5) is 2.66. The second-order valence-corrected chi connectivity index (χ2v) is 5.62. The molecule has 3 fully saturated rings. The predicted octanol–water partition coefficient (Wildman–Crippen LogP) is 1.73. The Hall–Kier alpha value is -0.120. The molecule has 1 spiro atoms. The highest BCUT2D eigenvalue weighted by atomic mass is 16.5. The molecule has 3 nitrogen and oxygen atoms in total. The third-order valence-electron chi connectivity index (χ3n) is 4.43. The average Bonchev–Trinajstić information content (AvgIpc) is 3.14. The van der Waals surface area contributed by atoms with Crippen LogP contribution in [0, 0.1) is 0 Å². The van der Waals surface area contributed by atoms with E-state index in [1.165, 1.54) is 45.2 Å². The van der Waals surface area contributed by atoms with Crippen molar-refractivity contribution in [2.75, 3.05) is 19.6 Å². The largest absolute Gasteiger partial charge is 0.357 e. The van der Waals surface area contributed by atoms with Gasteiger partial charge < -0.3 is 9.64 Å². The third-order valence-corrected chi connectivity index (χ3v) is 4.43. The van der Waals surface area contributed by atoms with Gasteiger partial charge in [0.25, 0.3) is 0 Å². The zero-order valence-corrected chi connectivity index (χ0v) is 10.4. The SMILES string of the molecule is CCC1CCNC2(CCN(C3CC3)CC2)O1. The summed E-state index contributed by atoms with van der Waals surface area (Å²) in [5, 5.41) is 3.63. The van der Waals surface area contributed by atoms with Crippen LogP contribution in [0.25, 0.3) is 0 Å². The average molecular weight is 224 g/mol. The zero-order valence-electron chi connectivity index (χ0n) is 10.4. The zero-order chi connectivity index (χ0) is 11.0. The molecular weight excluding hydrogens is 200 g/mol. The Morgan fingerprint density at radius 1 is 1.25 bits per heavy atom. The van der Waals surface area contributed by atoms with Gasteiger partial charge in [0.1, 0.15) is 5.72 Å². The molecule has 16 heavy (non-hydrogen) atoms. The van der Waals surface area contributed by atoms with Crippen LogP contribution >= 0.6 is 0 Å². The van der Waals surface area contributed by atoms with Crippen LogP contribution in [-0.4, -0.2) is 42.4 Å². The van der Waals surface area contributed by atoms with Crippen molar-refractivity contribution >= 4 is 0 Å². The minimum absolute atomic E-state index is 0.0321. The summed E-state index contributed by atoms with van der Waals surface area (Å²) in [6, 6.07) is 0.919. The van der Waals surface area contributed by atoms with E-state index in [0.29, 0.717) is 6.10 Å². The molecule has 1 N–H and O–H groups in total. The van der Waals surface area contributed by atoms with Crippen LogP contribution in [0.15, 0.2) is 0 Å². The highest BCUT2D eigenvalue weighted by Gasteiger charge is 2.42. The van der Waals surface area contributed by atoms with Gasteiger partial charge in [-0.15, -0.1) is 0 Å². The third kappa shape index (κ3) is 2.13.